The maximum absolute atomic E-state index is 0. The minimum Gasteiger partial charge on any atom is -1.00 e. The Balaban J connectivity index is 0. The van der Waals surface area contributed by atoms with Gasteiger partial charge in [-0.05, 0) is 0 Å². The van der Waals surface area contributed by atoms with Gasteiger partial charge in [0, 0.05) is 17.1 Å². The van der Waals surface area contributed by atoms with Crippen LogP contribution in [0.2, 0.25) is 0 Å². The number of rotatable bonds is 0. The fourth-order valence-corrected chi connectivity index (χ4v) is 0. The molecule has 0 aromatic heterocycles. The van der Waals surface area contributed by atoms with Crippen molar-refractivity contribution in [2.24, 2.45) is 0 Å². The number of hydrogen-bond donors (Lipinski definition) is 0. The Labute approximate surface area is 67.8 Å². The average molecular weight is 128 g/mol. The summed E-state index contributed by atoms with van der Waals surface area (Å²) < 4.78 is 0. The molecule has 4 heavy (non-hydrogen) atoms. The Morgan fingerprint density at radius 1 is 1.25 bits per heavy atom. The Kier molecular flexibility index (Phi) is 188. The molecule has 0 saturated heterocycles. The van der Waals surface area contributed by atoms with E-state index in [1.54, 1.807) is 0 Å². The molecule has 0 nitrogen and oxygen atoms in total. The maximum atomic E-state index is 0. The zero-order valence-electron chi connectivity index (χ0n) is 2.85. The Hall–Kier alpha value is 2.00. The second kappa shape index (κ2) is 20.0. The van der Waals surface area contributed by atoms with Gasteiger partial charge in [0.2, 0.25) is 0 Å². The molecular weight excluding hydrogens is 122 g/mol. The van der Waals surface area contributed by atoms with E-state index in [4.69, 9.17) is 0 Å². The van der Waals surface area contributed by atoms with Crippen LogP contribution in [0.4, 0.5) is 0 Å². The first-order valence-electron chi connectivity index (χ1n) is 0. The molecule has 0 amide bonds. The molecule has 0 rings (SSSR count). The Morgan fingerprint density at radius 2 is 1.25 bits per heavy atom. The topological polar surface area (TPSA) is 0 Å². The van der Waals surface area contributed by atoms with E-state index < -0.39 is 0 Å². The zero-order valence-corrected chi connectivity index (χ0v) is 3.96. The molecule has 0 bridgehead atoms. The number of hydrogen-bond acceptors (Lipinski definition) is 0. The Morgan fingerprint density at radius 3 is 1.25 bits per heavy atom. The van der Waals surface area contributed by atoms with Crippen LogP contribution >= 0.6 is 13.5 Å². The van der Waals surface area contributed by atoms with Crippen molar-refractivity contribution >= 4 is 30.9 Å². The Bertz CT molecular complexity index is 11.6. The first-order valence-corrected chi connectivity index (χ1v) is 0. The van der Waals surface area contributed by atoms with Crippen molar-refractivity contribution in [2.75, 3.05) is 0 Å². The summed E-state index contributed by atoms with van der Waals surface area (Å²) in [5.74, 6) is 0. The van der Waals surface area contributed by atoms with Gasteiger partial charge in [-0.15, -0.1) is 0 Å². The molecule has 0 aliphatic heterocycles. The standard InChI is InChI=1S/Al.Fe.Li.H2S.4H/h;;;1H2;;;;/q;;+1;;;;;-1. The molecule has 0 fully saturated rings. The van der Waals surface area contributed by atoms with Gasteiger partial charge in [0.25, 0.3) is 0 Å². The van der Waals surface area contributed by atoms with E-state index in [9.17, 15) is 0 Å². The molecule has 0 radical (unpaired) electrons. The van der Waals surface area contributed by atoms with Crippen LogP contribution < -0.4 is 18.9 Å². The van der Waals surface area contributed by atoms with Crippen LogP contribution in [0.15, 0.2) is 0 Å². The predicted octanol–water partition coefficient (Wildman–Crippen LogP) is -3.96. The van der Waals surface area contributed by atoms with Gasteiger partial charge in [-0.2, -0.15) is 13.5 Å². The zero-order chi connectivity index (χ0) is 0. The van der Waals surface area contributed by atoms with Crippen LogP contribution in [0.5, 0.6) is 0 Å². The summed E-state index contributed by atoms with van der Waals surface area (Å²) in [6.45, 7) is 0. The van der Waals surface area contributed by atoms with Crippen molar-refractivity contribution in [3.05, 3.63) is 0 Å². The molecule has 0 heterocycles. The first kappa shape index (κ1) is 37.5. The van der Waals surface area contributed by atoms with E-state index in [0.717, 1.165) is 0 Å². The van der Waals surface area contributed by atoms with Gasteiger partial charge >= 0.3 is 18.9 Å². The smallest absolute Gasteiger partial charge is 1.00 e. The van der Waals surface area contributed by atoms with E-state index in [-0.39, 0.29) is 68.2 Å². The van der Waals surface area contributed by atoms with Crippen molar-refractivity contribution in [3.8, 4) is 0 Å². The van der Waals surface area contributed by atoms with E-state index in [1.165, 1.54) is 0 Å². The van der Waals surface area contributed by atoms with E-state index >= 15 is 0 Å². The second-order valence-electron chi connectivity index (χ2n) is 0. The molecule has 24 valence electrons. The van der Waals surface area contributed by atoms with Crippen molar-refractivity contribution < 1.29 is 37.4 Å². The summed E-state index contributed by atoms with van der Waals surface area (Å²) in [6, 6.07) is 0. The summed E-state index contributed by atoms with van der Waals surface area (Å²) in [4.78, 5) is 0. The molecular formula is H6AlFeLiS. The van der Waals surface area contributed by atoms with Gasteiger partial charge in [0.1, 0.15) is 0 Å². The third kappa shape index (κ3) is 9.00. The molecule has 0 N–H and O–H groups in total. The maximum Gasteiger partial charge on any atom is 1.00 e. The summed E-state index contributed by atoms with van der Waals surface area (Å²) in [5, 5.41) is 0. The molecule has 0 aromatic rings. The van der Waals surface area contributed by atoms with Gasteiger partial charge in [-0.1, -0.05) is 0 Å². The summed E-state index contributed by atoms with van der Waals surface area (Å²) in [5.41, 5.74) is 0. The van der Waals surface area contributed by atoms with Crippen LogP contribution in [0.3, 0.4) is 0 Å². The van der Waals surface area contributed by atoms with E-state index in [1.807, 2.05) is 0 Å². The van der Waals surface area contributed by atoms with Gasteiger partial charge in [-0.3, -0.25) is 0 Å². The molecule has 0 saturated carbocycles. The molecule has 0 spiro atoms. The molecule has 0 unspecified atom stereocenters. The quantitative estimate of drug-likeness (QED) is 0.292. The predicted molar refractivity (Wildman–Crippen MR) is 21.4 cm³/mol. The summed E-state index contributed by atoms with van der Waals surface area (Å²) in [7, 11) is 0. The minimum atomic E-state index is 0. The van der Waals surface area contributed by atoms with E-state index in [2.05, 4.69) is 0 Å². The van der Waals surface area contributed by atoms with Crippen molar-refractivity contribution in [1.82, 2.24) is 0 Å². The SMILES string of the molecule is S.[AlH3].[Fe].[H-].[Li+]. The average Bonchev–Trinajstić information content (AvgIpc) is 0. The van der Waals surface area contributed by atoms with Crippen LogP contribution in [0.1, 0.15) is 1.43 Å². The van der Waals surface area contributed by atoms with Gasteiger partial charge < -0.3 is 1.43 Å². The van der Waals surface area contributed by atoms with Gasteiger partial charge in [0.05, 0.1) is 0 Å². The fraction of sp³-hybridized carbons (Fsp3) is 0. The fourth-order valence-electron chi connectivity index (χ4n) is 0. The molecule has 0 aromatic carbocycles. The van der Waals surface area contributed by atoms with Crippen molar-refractivity contribution in [2.45, 2.75) is 0 Å². The monoisotopic (exact) mass is 128 g/mol. The normalized spacial score (nSPS) is 0. The van der Waals surface area contributed by atoms with Crippen molar-refractivity contribution in [3.63, 3.8) is 0 Å². The second-order valence-corrected chi connectivity index (χ2v) is 0. The molecule has 0 atom stereocenters. The summed E-state index contributed by atoms with van der Waals surface area (Å²) in [6.07, 6.45) is 0. The molecule has 4 heteroatoms. The van der Waals surface area contributed by atoms with Crippen LogP contribution in [0, 0.1) is 0 Å². The third-order valence-electron chi connectivity index (χ3n) is 0. The van der Waals surface area contributed by atoms with Crippen LogP contribution in [-0.4, -0.2) is 17.4 Å². The van der Waals surface area contributed by atoms with Crippen LogP contribution in [-0.2, 0) is 17.1 Å². The van der Waals surface area contributed by atoms with Gasteiger partial charge in [0.15, 0.2) is 17.4 Å². The minimum absolute atomic E-state index is 0. The van der Waals surface area contributed by atoms with Gasteiger partial charge in [-0.25, -0.2) is 0 Å². The first-order chi connectivity index (χ1) is 0. The molecule has 0 aliphatic rings. The molecule has 0 aliphatic carbocycles. The van der Waals surface area contributed by atoms with Crippen LogP contribution in [0.25, 0.3) is 0 Å². The van der Waals surface area contributed by atoms with Crippen molar-refractivity contribution in [1.29, 1.82) is 0 Å². The largest absolute Gasteiger partial charge is 1.00 e. The van der Waals surface area contributed by atoms with E-state index in [0.29, 0.717) is 0 Å². The summed E-state index contributed by atoms with van der Waals surface area (Å²) >= 11 is 0. The third-order valence-corrected chi connectivity index (χ3v) is 0.